The van der Waals surface area contributed by atoms with Gasteiger partial charge in [0.2, 0.25) is 5.75 Å². The highest BCUT2D eigenvalue weighted by molar-refractivity contribution is 9.10. The molecule has 0 aliphatic rings. The second-order valence-corrected chi connectivity index (χ2v) is 7.34. The zero-order valence-electron chi connectivity index (χ0n) is 14.4. The van der Waals surface area contributed by atoms with Crippen molar-refractivity contribution < 1.29 is 14.8 Å². The van der Waals surface area contributed by atoms with E-state index in [0.29, 0.717) is 10.6 Å². The molecule has 0 unspecified atom stereocenters. The van der Waals surface area contributed by atoms with Crippen LogP contribution >= 0.6 is 27.3 Å². The minimum atomic E-state index is -0.712. The Balaban J connectivity index is 2.02. The van der Waals surface area contributed by atoms with Crippen molar-refractivity contribution >= 4 is 44.6 Å². The SMILES string of the molecule is COc1cc(C=C(C#N)c2nc(-c3ccc(Br)cc3)cs2)cc([N+](=O)[O-])c1O. The smallest absolute Gasteiger partial charge is 0.315 e. The first kappa shape index (κ1) is 19.5. The Morgan fingerprint density at radius 3 is 2.71 bits per heavy atom. The summed E-state index contributed by atoms with van der Waals surface area (Å²) in [6, 6.07) is 12.3. The van der Waals surface area contributed by atoms with Crippen LogP contribution in [0.3, 0.4) is 0 Å². The van der Waals surface area contributed by atoms with Gasteiger partial charge in [-0.2, -0.15) is 5.26 Å². The molecule has 0 spiro atoms. The van der Waals surface area contributed by atoms with E-state index in [1.807, 2.05) is 29.6 Å². The highest BCUT2D eigenvalue weighted by Crippen LogP contribution is 2.38. The normalized spacial score (nSPS) is 11.1. The number of aromatic hydroxyl groups is 1. The number of allylic oxidation sites excluding steroid dienone is 1. The number of nitrogens with zero attached hydrogens (tertiary/aromatic N) is 3. The zero-order valence-corrected chi connectivity index (χ0v) is 16.8. The Kier molecular flexibility index (Phi) is 5.73. The van der Waals surface area contributed by atoms with E-state index < -0.39 is 16.4 Å². The first-order valence-electron chi connectivity index (χ1n) is 7.82. The third-order valence-electron chi connectivity index (χ3n) is 3.80. The third-order valence-corrected chi connectivity index (χ3v) is 5.20. The molecule has 7 nitrogen and oxygen atoms in total. The number of methoxy groups -OCH3 is 1. The number of halogens is 1. The van der Waals surface area contributed by atoms with Crippen LogP contribution in [0.2, 0.25) is 0 Å². The van der Waals surface area contributed by atoms with Gasteiger partial charge < -0.3 is 9.84 Å². The van der Waals surface area contributed by atoms with Gasteiger partial charge >= 0.3 is 5.69 Å². The van der Waals surface area contributed by atoms with Crippen molar-refractivity contribution in [1.29, 1.82) is 5.26 Å². The quantitative estimate of drug-likeness (QED) is 0.317. The topological polar surface area (TPSA) is 109 Å². The summed E-state index contributed by atoms with van der Waals surface area (Å²) in [6.07, 6.45) is 1.47. The molecule has 0 saturated heterocycles. The van der Waals surface area contributed by atoms with Crippen molar-refractivity contribution in [2.45, 2.75) is 0 Å². The lowest BCUT2D eigenvalue weighted by atomic mass is 10.1. The van der Waals surface area contributed by atoms with Crippen LogP contribution in [0.5, 0.6) is 11.5 Å². The molecule has 1 N–H and O–H groups in total. The number of rotatable bonds is 5. The summed E-state index contributed by atoms with van der Waals surface area (Å²) in [4.78, 5) is 14.9. The van der Waals surface area contributed by atoms with Gasteiger partial charge in [0.25, 0.3) is 0 Å². The maximum atomic E-state index is 11.1. The number of aromatic nitrogens is 1. The van der Waals surface area contributed by atoms with Crippen LogP contribution in [-0.2, 0) is 0 Å². The number of hydrogen-bond donors (Lipinski definition) is 1. The van der Waals surface area contributed by atoms with E-state index in [1.54, 1.807) is 0 Å². The summed E-state index contributed by atoms with van der Waals surface area (Å²) in [7, 11) is 1.29. The molecule has 0 bridgehead atoms. The van der Waals surface area contributed by atoms with Crippen molar-refractivity contribution in [3.05, 3.63) is 66.9 Å². The van der Waals surface area contributed by atoms with Gasteiger partial charge in [-0.3, -0.25) is 10.1 Å². The lowest BCUT2D eigenvalue weighted by Crippen LogP contribution is -1.93. The maximum Gasteiger partial charge on any atom is 0.315 e. The van der Waals surface area contributed by atoms with Crippen molar-refractivity contribution in [2.24, 2.45) is 0 Å². The van der Waals surface area contributed by atoms with Crippen LogP contribution in [0, 0.1) is 21.4 Å². The number of nitro groups is 1. The lowest BCUT2D eigenvalue weighted by molar-refractivity contribution is -0.386. The van der Waals surface area contributed by atoms with E-state index in [9.17, 15) is 20.5 Å². The summed E-state index contributed by atoms with van der Waals surface area (Å²) in [5, 5.41) is 32.9. The molecule has 28 heavy (non-hydrogen) atoms. The molecule has 0 aliphatic carbocycles. The Bertz CT molecular complexity index is 1120. The van der Waals surface area contributed by atoms with Crippen molar-refractivity contribution in [2.75, 3.05) is 7.11 Å². The molecule has 0 amide bonds. The minimum Gasteiger partial charge on any atom is -0.500 e. The first-order valence-corrected chi connectivity index (χ1v) is 9.49. The molecule has 0 aliphatic heterocycles. The molecule has 3 aromatic rings. The fourth-order valence-corrected chi connectivity index (χ4v) is 3.51. The van der Waals surface area contributed by atoms with E-state index in [2.05, 4.69) is 27.0 Å². The van der Waals surface area contributed by atoms with Gasteiger partial charge in [-0.1, -0.05) is 28.1 Å². The highest BCUT2D eigenvalue weighted by atomic mass is 79.9. The second-order valence-electron chi connectivity index (χ2n) is 5.56. The van der Waals surface area contributed by atoms with Crippen LogP contribution in [0.4, 0.5) is 5.69 Å². The monoisotopic (exact) mass is 457 g/mol. The molecule has 140 valence electrons. The highest BCUT2D eigenvalue weighted by Gasteiger charge is 2.20. The Labute approximate surface area is 172 Å². The van der Waals surface area contributed by atoms with E-state index >= 15 is 0 Å². The lowest BCUT2D eigenvalue weighted by Gasteiger charge is -2.05. The predicted molar refractivity (Wildman–Crippen MR) is 110 cm³/mol. The number of nitriles is 1. The van der Waals surface area contributed by atoms with Crippen LogP contribution in [0.1, 0.15) is 10.6 Å². The molecule has 1 aromatic heterocycles. The van der Waals surface area contributed by atoms with Gasteiger partial charge in [-0.25, -0.2) is 4.98 Å². The fraction of sp³-hybridized carbons (Fsp3) is 0.0526. The van der Waals surface area contributed by atoms with Gasteiger partial charge in [0.05, 0.1) is 23.3 Å². The Hall–Kier alpha value is -3.22. The molecule has 0 fully saturated rings. The first-order chi connectivity index (χ1) is 13.4. The van der Waals surface area contributed by atoms with E-state index in [-0.39, 0.29) is 11.3 Å². The number of nitro benzene ring substituents is 1. The number of benzene rings is 2. The molecular weight excluding hydrogens is 446 g/mol. The van der Waals surface area contributed by atoms with Gasteiger partial charge in [0, 0.05) is 21.5 Å². The largest absolute Gasteiger partial charge is 0.500 e. The minimum absolute atomic E-state index is 0.0487. The average Bonchev–Trinajstić information content (AvgIpc) is 3.17. The number of phenolic OH excluding ortho intramolecular Hbond substituents is 1. The molecule has 0 saturated carbocycles. The van der Waals surface area contributed by atoms with Gasteiger partial charge in [0.15, 0.2) is 5.75 Å². The summed E-state index contributed by atoms with van der Waals surface area (Å²) < 4.78 is 5.94. The van der Waals surface area contributed by atoms with Crippen molar-refractivity contribution in [3.63, 3.8) is 0 Å². The van der Waals surface area contributed by atoms with Gasteiger partial charge in [0.1, 0.15) is 11.1 Å². The average molecular weight is 458 g/mol. The maximum absolute atomic E-state index is 11.1. The van der Waals surface area contributed by atoms with Crippen molar-refractivity contribution in [3.8, 4) is 28.8 Å². The number of hydrogen-bond acceptors (Lipinski definition) is 7. The summed E-state index contributed by atoms with van der Waals surface area (Å²) in [5.74, 6) is -0.609. The summed E-state index contributed by atoms with van der Waals surface area (Å²) in [6.45, 7) is 0. The molecule has 3 rings (SSSR count). The van der Waals surface area contributed by atoms with E-state index in [4.69, 9.17) is 4.74 Å². The summed E-state index contributed by atoms with van der Waals surface area (Å²) >= 11 is 4.68. The second kappa shape index (κ2) is 8.21. The molecular formula is C19H12BrN3O4S. The van der Waals surface area contributed by atoms with Crippen LogP contribution in [0.15, 0.2) is 46.3 Å². The summed E-state index contributed by atoms with van der Waals surface area (Å²) in [5.41, 5.74) is 1.72. The number of ether oxygens (including phenoxy) is 1. The molecule has 0 atom stereocenters. The predicted octanol–water partition coefficient (Wildman–Crippen LogP) is 5.26. The molecule has 2 aromatic carbocycles. The van der Waals surface area contributed by atoms with Crippen LogP contribution in [-0.4, -0.2) is 22.1 Å². The molecule has 0 radical (unpaired) electrons. The van der Waals surface area contributed by atoms with E-state index in [1.165, 1.54) is 36.7 Å². The zero-order chi connectivity index (χ0) is 20.3. The Morgan fingerprint density at radius 2 is 2.11 bits per heavy atom. The van der Waals surface area contributed by atoms with Gasteiger partial charge in [-0.05, 0) is 29.8 Å². The van der Waals surface area contributed by atoms with Gasteiger partial charge in [-0.15, -0.1) is 11.3 Å². The Morgan fingerprint density at radius 1 is 1.39 bits per heavy atom. The molecule has 9 heteroatoms. The third kappa shape index (κ3) is 4.03. The van der Waals surface area contributed by atoms with Crippen LogP contribution < -0.4 is 4.74 Å². The fourth-order valence-electron chi connectivity index (χ4n) is 2.45. The molecule has 1 heterocycles. The van der Waals surface area contributed by atoms with Crippen molar-refractivity contribution in [1.82, 2.24) is 4.98 Å². The van der Waals surface area contributed by atoms with Crippen LogP contribution in [0.25, 0.3) is 22.9 Å². The number of thiazole rings is 1. The standard InChI is InChI=1S/C19H12BrN3O4S/c1-27-17-8-11(7-16(18(17)24)23(25)26)6-13(9-21)19-22-15(10-28-19)12-2-4-14(20)5-3-12/h2-8,10,24H,1H3. The van der Waals surface area contributed by atoms with E-state index in [0.717, 1.165) is 15.7 Å². The number of phenols is 1.